The molecular weight excluding hydrogens is 236 g/mol. The lowest BCUT2D eigenvalue weighted by Crippen LogP contribution is -2.38. The van der Waals surface area contributed by atoms with Crippen molar-refractivity contribution in [1.82, 2.24) is 5.32 Å². The van der Waals surface area contributed by atoms with Gasteiger partial charge < -0.3 is 11.1 Å². The van der Waals surface area contributed by atoms with Crippen molar-refractivity contribution in [3.05, 3.63) is 35.9 Å². The van der Waals surface area contributed by atoms with Crippen LogP contribution in [0.4, 0.5) is 0 Å². The normalized spacial score (nSPS) is 13.8. The maximum Gasteiger partial charge on any atom is 0.229 e. The molecule has 1 aromatic rings. The van der Waals surface area contributed by atoms with E-state index >= 15 is 0 Å². The fraction of sp³-hybridized carbons (Fsp3) is 0.562. The molecule has 2 atom stereocenters. The number of nitrogens with two attached hydrogens (primary N) is 1. The highest BCUT2D eigenvalue weighted by Crippen LogP contribution is 2.15. The molecule has 3 heteroatoms. The zero-order valence-electron chi connectivity index (χ0n) is 12.1. The first-order chi connectivity index (χ1) is 9.19. The summed E-state index contributed by atoms with van der Waals surface area (Å²) in [6, 6.07) is 9.96. The quantitative estimate of drug-likeness (QED) is 0.708. The first kappa shape index (κ1) is 15.7. The topological polar surface area (TPSA) is 55.1 Å². The molecule has 1 aromatic carbocycles. The molecule has 0 aliphatic heterocycles. The molecular formula is C16H26N2O. The highest BCUT2D eigenvalue weighted by Gasteiger charge is 2.19. The van der Waals surface area contributed by atoms with Crippen LogP contribution in [0.2, 0.25) is 0 Å². The van der Waals surface area contributed by atoms with Crippen LogP contribution >= 0.6 is 0 Å². The van der Waals surface area contributed by atoms with E-state index in [1.54, 1.807) is 0 Å². The second-order valence-electron chi connectivity index (χ2n) is 5.10. The fourth-order valence-corrected chi connectivity index (χ4v) is 2.20. The first-order valence-corrected chi connectivity index (χ1v) is 7.24. The number of rotatable bonds is 8. The Hall–Kier alpha value is -1.35. The molecule has 0 bridgehead atoms. The third kappa shape index (κ3) is 5.43. The van der Waals surface area contributed by atoms with Crippen molar-refractivity contribution in [2.24, 2.45) is 5.73 Å². The number of benzene rings is 1. The van der Waals surface area contributed by atoms with Gasteiger partial charge in [-0.25, -0.2) is 0 Å². The highest BCUT2D eigenvalue weighted by molar-refractivity contribution is 5.84. The third-order valence-electron chi connectivity index (χ3n) is 3.38. The van der Waals surface area contributed by atoms with E-state index in [4.69, 9.17) is 5.73 Å². The van der Waals surface area contributed by atoms with Gasteiger partial charge in [0.25, 0.3) is 0 Å². The second kappa shape index (κ2) is 8.70. The van der Waals surface area contributed by atoms with Crippen molar-refractivity contribution < 1.29 is 4.79 Å². The van der Waals surface area contributed by atoms with Crippen molar-refractivity contribution in [2.45, 2.75) is 51.5 Å². The molecule has 0 saturated carbocycles. The van der Waals surface area contributed by atoms with Crippen LogP contribution in [0.25, 0.3) is 0 Å². The summed E-state index contributed by atoms with van der Waals surface area (Å²) in [6.45, 7) is 4.59. The minimum atomic E-state index is -0.241. The van der Waals surface area contributed by atoms with Gasteiger partial charge in [0, 0.05) is 12.6 Å². The van der Waals surface area contributed by atoms with Gasteiger partial charge in [-0.1, -0.05) is 56.5 Å². The number of amides is 1. The van der Waals surface area contributed by atoms with Crippen molar-refractivity contribution in [3.8, 4) is 0 Å². The molecule has 1 amide bonds. The van der Waals surface area contributed by atoms with Crippen LogP contribution in [0.5, 0.6) is 0 Å². The Morgan fingerprint density at radius 2 is 1.95 bits per heavy atom. The summed E-state index contributed by atoms with van der Waals surface area (Å²) in [4.78, 5) is 12.2. The van der Waals surface area contributed by atoms with Gasteiger partial charge in [0.15, 0.2) is 0 Å². The van der Waals surface area contributed by atoms with E-state index in [0.717, 1.165) is 18.4 Å². The van der Waals surface area contributed by atoms with E-state index in [1.807, 2.05) is 30.3 Å². The molecule has 19 heavy (non-hydrogen) atoms. The molecule has 0 radical (unpaired) electrons. The summed E-state index contributed by atoms with van der Waals surface area (Å²) in [6.07, 6.45) is 4.62. The molecule has 0 aliphatic carbocycles. The smallest absolute Gasteiger partial charge is 0.229 e. The lowest BCUT2D eigenvalue weighted by atomic mass is 9.98. The summed E-state index contributed by atoms with van der Waals surface area (Å²) in [7, 11) is 0. The Bertz CT molecular complexity index is 364. The largest absolute Gasteiger partial charge is 0.353 e. The third-order valence-corrected chi connectivity index (χ3v) is 3.38. The molecule has 0 saturated heterocycles. The number of nitrogens with one attached hydrogen (secondary N) is 1. The molecule has 106 valence electrons. The fourth-order valence-electron chi connectivity index (χ4n) is 2.20. The van der Waals surface area contributed by atoms with Gasteiger partial charge in [0.1, 0.15) is 0 Å². The average Bonchev–Trinajstić information content (AvgIpc) is 2.41. The maximum absolute atomic E-state index is 12.2. The molecule has 3 nitrogen and oxygen atoms in total. The molecule has 0 fully saturated rings. The van der Waals surface area contributed by atoms with Gasteiger partial charge in [0.2, 0.25) is 5.91 Å². The molecule has 2 unspecified atom stereocenters. The van der Waals surface area contributed by atoms with E-state index in [-0.39, 0.29) is 17.9 Å². The van der Waals surface area contributed by atoms with Gasteiger partial charge in [0.05, 0.1) is 5.92 Å². The highest BCUT2D eigenvalue weighted by atomic mass is 16.1. The summed E-state index contributed by atoms with van der Waals surface area (Å²) < 4.78 is 0. The summed E-state index contributed by atoms with van der Waals surface area (Å²) in [5, 5.41) is 3.07. The molecule has 0 aromatic heterocycles. The van der Waals surface area contributed by atoms with E-state index in [2.05, 4.69) is 19.2 Å². The Morgan fingerprint density at radius 1 is 1.26 bits per heavy atom. The molecule has 0 heterocycles. The Kier molecular flexibility index (Phi) is 7.19. The Balaban J connectivity index is 2.50. The van der Waals surface area contributed by atoms with Crippen LogP contribution < -0.4 is 11.1 Å². The monoisotopic (exact) mass is 262 g/mol. The Morgan fingerprint density at radius 3 is 2.53 bits per heavy atom. The minimum absolute atomic E-state index is 0.0395. The van der Waals surface area contributed by atoms with E-state index < -0.39 is 0 Å². The number of unbranched alkanes of at least 4 members (excludes halogenated alkanes) is 2. The van der Waals surface area contributed by atoms with Gasteiger partial charge >= 0.3 is 0 Å². The van der Waals surface area contributed by atoms with Crippen LogP contribution in [0, 0.1) is 0 Å². The zero-order valence-corrected chi connectivity index (χ0v) is 12.1. The molecule has 0 aliphatic rings. The minimum Gasteiger partial charge on any atom is -0.353 e. The number of hydrogen-bond donors (Lipinski definition) is 2. The van der Waals surface area contributed by atoms with Crippen molar-refractivity contribution in [1.29, 1.82) is 0 Å². The zero-order chi connectivity index (χ0) is 14.1. The predicted octanol–water partition coefficient (Wildman–Crippen LogP) is 2.81. The predicted molar refractivity (Wildman–Crippen MR) is 80.0 cm³/mol. The van der Waals surface area contributed by atoms with Crippen LogP contribution in [0.15, 0.2) is 30.3 Å². The summed E-state index contributed by atoms with van der Waals surface area (Å²) in [5.41, 5.74) is 6.73. The molecule has 3 N–H and O–H groups in total. The lowest BCUT2D eigenvalue weighted by Gasteiger charge is -2.19. The summed E-state index contributed by atoms with van der Waals surface area (Å²) >= 11 is 0. The number of carbonyl (C=O) groups excluding carboxylic acids is 1. The average molecular weight is 262 g/mol. The Labute approximate surface area is 116 Å². The second-order valence-corrected chi connectivity index (χ2v) is 5.10. The van der Waals surface area contributed by atoms with E-state index in [9.17, 15) is 4.79 Å². The summed E-state index contributed by atoms with van der Waals surface area (Å²) in [5.74, 6) is -0.201. The van der Waals surface area contributed by atoms with Crippen LogP contribution in [-0.2, 0) is 4.79 Å². The SMILES string of the molecule is CCCCCC(C)NC(=O)C(CN)c1ccccc1. The van der Waals surface area contributed by atoms with Crippen molar-refractivity contribution in [3.63, 3.8) is 0 Å². The van der Waals surface area contributed by atoms with Crippen LogP contribution in [0.3, 0.4) is 0 Å². The molecule has 1 rings (SSSR count). The molecule has 0 spiro atoms. The van der Waals surface area contributed by atoms with E-state index in [0.29, 0.717) is 6.54 Å². The first-order valence-electron chi connectivity index (χ1n) is 7.24. The van der Waals surface area contributed by atoms with Gasteiger partial charge in [-0.3, -0.25) is 4.79 Å². The number of carbonyl (C=O) groups is 1. The van der Waals surface area contributed by atoms with Crippen molar-refractivity contribution >= 4 is 5.91 Å². The lowest BCUT2D eigenvalue weighted by molar-refractivity contribution is -0.123. The maximum atomic E-state index is 12.2. The van der Waals surface area contributed by atoms with Crippen LogP contribution in [-0.4, -0.2) is 18.5 Å². The number of hydrogen-bond acceptors (Lipinski definition) is 2. The standard InChI is InChI=1S/C16H26N2O/c1-3-4-6-9-13(2)18-16(19)15(12-17)14-10-7-5-8-11-14/h5,7-8,10-11,13,15H,3-4,6,9,12,17H2,1-2H3,(H,18,19). The van der Waals surface area contributed by atoms with Gasteiger partial charge in [-0.05, 0) is 18.9 Å². The van der Waals surface area contributed by atoms with E-state index in [1.165, 1.54) is 12.8 Å². The van der Waals surface area contributed by atoms with Gasteiger partial charge in [-0.2, -0.15) is 0 Å². The van der Waals surface area contributed by atoms with Crippen molar-refractivity contribution in [2.75, 3.05) is 6.54 Å². The van der Waals surface area contributed by atoms with Crippen LogP contribution in [0.1, 0.15) is 51.0 Å². The van der Waals surface area contributed by atoms with Gasteiger partial charge in [-0.15, -0.1) is 0 Å².